The van der Waals surface area contributed by atoms with Crippen LogP contribution in [0.2, 0.25) is 0 Å². The Bertz CT molecular complexity index is 1220. The lowest BCUT2D eigenvalue weighted by Crippen LogP contribution is -1.73. The summed E-state index contributed by atoms with van der Waals surface area (Å²) in [6, 6.07) is 11.8. The Morgan fingerprint density at radius 1 is 0.593 bits per heavy atom. The molecule has 5 rings (SSSR count). The van der Waals surface area contributed by atoms with E-state index in [4.69, 9.17) is 0 Å². The molecule has 0 N–H and O–H groups in total. The van der Waals surface area contributed by atoms with Gasteiger partial charge in [-0.25, -0.2) is 0 Å². The lowest BCUT2D eigenvalue weighted by molar-refractivity contribution is 1.51. The van der Waals surface area contributed by atoms with Crippen LogP contribution in [0.4, 0.5) is 0 Å². The second-order valence-corrected chi connectivity index (χ2v) is 11.9. The summed E-state index contributed by atoms with van der Waals surface area (Å²) in [5, 5.41) is 2.80. The first-order chi connectivity index (χ1) is 12.9. The molecule has 1 aromatic carbocycles. The monoisotopic (exact) mass is 424 g/mol. The van der Waals surface area contributed by atoms with Crippen LogP contribution in [-0.4, -0.2) is 0 Å². The minimum atomic E-state index is 1.39. The smallest absolute Gasteiger partial charge is 0.0474 e. The summed E-state index contributed by atoms with van der Waals surface area (Å²) in [5.74, 6) is 0. The van der Waals surface area contributed by atoms with Gasteiger partial charge < -0.3 is 0 Å². The number of benzene rings is 1. The van der Waals surface area contributed by atoms with Gasteiger partial charge in [-0.2, -0.15) is 0 Å². The lowest BCUT2D eigenvalue weighted by Gasteiger charge is -1.97. The largest absolute Gasteiger partial charge is 0.139 e. The Hall–Kier alpha value is -1.46. The molecule has 27 heavy (non-hydrogen) atoms. The molecule has 0 fully saturated rings. The van der Waals surface area contributed by atoms with Crippen LogP contribution in [-0.2, 0) is 0 Å². The van der Waals surface area contributed by atoms with Crippen molar-refractivity contribution in [3.8, 4) is 19.5 Å². The van der Waals surface area contributed by atoms with Crippen LogP contribution in [0.3, 0.4) is 0 Å². The first-order valence-corrected chi connectivity index (χ1v) is 12.3. The third-order valence-corrected chi connectivity index (χ3v) is 10.1. The molecule has 136 valence electrons. The molecule has 0 bridgehead atoms. The standard InChI is InChI=1S/C23H20S4/c1-11-6-13(3)24-21(11)19-9-16-8-18-17(15(5)23(16)27-19)10-20(26-18)22-12(2)7-14(4)25-22/h6-10H,1-5H3. The van der Waals surface area contributed by atoms with Crippen molar-refractivity contribution in [2.75, 3.05) is 0 Å². The van der Waals surface area contributed by atoms with Crippen molar-refractivity contribution < 1.29 is 0 Å². The van der Waals surface area contributed by atoms with Gasteiger partial charge in [0.15, 0.2) is 0 Å². The molecule has 0 amide bonds. The maximum Gasteiger partial charge on any atom is 0.0474 e. The highest BCUT2D eigenvalue weighted by Gasteiger charge is 2.16. The second-order valence-electron chi connectivity index (χ2n) is 7.29. The molecule has 0 aliphatic carbocycles. The quantitative estimate of drug-likeness (QED) is 0.265. The van der Waals surface area contributed by atoms with Gasteiger partial charge in [0.05, 0.1) is 0 Å². The van der Waals surface area contributed by atoms with Gasteiger partial charge in [-0.05, 0) is 92.4 Å². The van der Waals surface area contributed by atoms with Crippen LogP contribution in [0.5, 0.6) is 0 Å². The maximum absolute atomic E-state index is 2.41. The highest BCUT2D eigenvalue weighted by molar-refractivity contribution is 7.27. The van der Waals surface area contributed by atoms with Crippen molar-refractivity contribution in [1.82, 2.24) is 0 Å². The minimum absolute atomic E-state index is 1.39. The van der Waals surface area contributed by atoms with Crippen molar-refractivity contribution >= 4 is 65.5 Å². The topological polar surface area (TPSA) is 0 Å². The predicted molar refractivity (Wildman–Crippen MR) is 128 cm³/mol. The molecule has 4 aromatic heterocycles. The number of rotatable bonds is 2. The summed E-state index contributed by atoms with van der Waals surface area (Å²) < 4.78 is 2.84. The molecule has 0 atom stereocenters. The van der Waals surface area contributed by atoms with Crippen LogP contribution in [0.25, 0.3) is 39.7 Å². The Balaban J connectivity index is 1.70. The van der Waals surface area contributed by atoms with Crippen LogP contribution < -0.4 is 0 Å². The number of thiophene rings is 4. The fraction of sp³-hybridized carbons (Fsp3) is 0.217. The number of aryl methyl sites for hydroxylation is 5. The van der Waals surface area contributed by atoms with E-state index in [1.165, 1.54) is 66.1 Å². The van der Waals surface area contributed by atoms with Gasteiger partial charge in [-0.1, -0.05) is 0 Å². The molecule has 0 saturated heterocycles. The van der Waals surface area contributed by atoms with E-state index in [1.807, 2.05) is 45.3 Å². The molecule has 0 saturated carbocycles. The van der Waals surface area contributed by atoms with Crippen LogP contribution >= 0.6 is 45.3 Å². The van der Waals surface area contributed by atoms with Gasteiger partial charge in [0, 0.05) is 38.7 Å². The molecule has 5 aromatic rings. The number of fused-ring (bicyclic) bond motifs is 2. The molecular weight excluding hydrogens is 405 g/mol. The molecular formula is C23H20S4. The molecule has 0 unspecified atom stereocenters. The molecule has 0 aliphatic rings. The summed E-state index contributed by atoms with van der Waals surface area (Å²) in [7, 11) is 0. The van der Waals surface area contributed by atoms with Crippen LogP contribution in [0.15, 0.2) is 30.3 Å². The molecule has 0 radical (unpaired) electrons. The van der Waals surface area contributed by atoms with E-state index < -0.39 is 0 Å². The summed E-state index contributed by atoms with van der Waals surface area (Å²) in [6.07, 6.45) is 0. The predicted octanol–water partition coefficient (Wildman–Crippen LogP) is 9.12. The van der Waals surface area contributed by atoms with Gasteiger partial charge in [0.25, 0.3) is 0 Å². The lowest BCUT2D eigenvalue weighted by atomic mass is 10.1. The van der Waals surface area contributed by atoms with Gasteiger partial charge in [0.2, 0.25) is 0 Å². The van der Waals surface area contributed by atoms with Gasteiger partial charge >= 0.3 is 0 Å². The van der Waals surface area contributed by atoms with Crippen molar-refractivity contribution in [1.29, 1.82) is 0 Å². The molecule has 0 aliphatic heterocycles. The second kappa shape index (κ2) is 6.28. The minimum Gasteiger partial charge on any atom is -0.139 e. The van der Waals surface area contributed by atoms with Gasteiger partial charge in [0.1, 0.15) is 0 Å². The summed E-state index contributed by atoms with van der Waals surface area (Å²) in [5.41, 5.74) is 4.22. The van der Waals surface area contributed by atoms with E-state index in [0.717, 1.165) is 0 Å². The molecule has 4 heterocycles. The van der Waals surface area contributed by atoms with Gasteiger partial charge in [-0.15, -0.1) is 45.3 Å². The van der Waals surface area contributed by atoms with Crippen molar-refractivity contribution in [2.24, 2.45) is 0 Å². The highest BCUT2D eigenvalue weighted by atomic mass is 32.1. The molecule has 4 heteroatoms. The average molecular weight is 425 g/mol. The average Bonchev–Trinajstić information content (AvgIpc) is 3.34. The fourth-order valence-corrected chi connectivity index (χ4v) is 8.58. The Morgan fingerprint density at radius 2 is 1.19 bits per heavy atom. The van der Waals surface area contributed by atoms with E-state index >= 15 is 0 Å². The Kier molecular flexibility index (Phi) is 4.10. The van der Waals surface area contributed by atoms with E-state index in [9.17, 15) is 0 Å². The normalized spacial score (nSPS) is 11.9. The van der Waals surface area contributed by atoms with E-state index in [2.05, 4.69) is 65.0 Å². The van der Waals surface area contributed by atoms with Gasteiger partial charge in [-0.3, -0.25) is 0 Å². The van der Waals surface area contributed by atoms with E-state index in [0.29, 0.717) is 0 Å². The number of hydrogen-bond donors (Lipinski definition) is 0. The third-order valence-electron chi connectivity index (χ3n) is 5.08. The SMILES string of the molecule is Cc1cc(C)c(-c2cc3c(C)c4sc(-c5sc(C)cc5C)cc4cc3s2)s1. The van der Waals surface area contributed by atoms with Crippen LogP contribution in [0, 0.1) is 34.6 Å². The third kappa shape index (κ3) is 2.82. The molecule has 0 nitrogen and oxygen atoms in total. The van der Waals surface area contributed by atoms with Crippen LogP contribution in [0.1, 0.15) is 26.4 Å². The summed E-state index contributed by atoms with van der Waals surface area (Å²) in [6.45, 7) is 11.1. The zero-order valence-corrected chi connectivity index (χ0v) is 19.3. The van der Waals surface area contributed by atoms with Crippen molar-refractivity contribution in [3.63, 3.8) is 0 Å². The summed E-state index contributed by atoms with van der Waals surface area (Å²) in [4.78, 5) is 8.47. The highest BCUT2D eigenvalue weighted by Crippen LogP contribution is 2.46. The summed E-state index contributed by atoms with van der Waals surface area (Å²) >= 11 is 7.71. The first-order valence-electron chi connectivity index (χ1n) is 9.02. The van der Waals surface area contributed by atoms with Crippen molar-refractivity contribution in [3.05, 3.63) is 56.8 Å². The maximum atomic E-state index is 2.41. The zero-order valence-electron chi connectivity index (χ0n) is 16.0. The fourth-order valence-electron chi connectivity index (χ4n) is 3.87. The number of hydrogen-bond acceptors (Lipinski definition) is 4. The Labute approximate surface area is 175 Å². The first kappa shape index (κ1) is 17.6. The zero-order chi connectivity index (χ0) is 18.9. The van der Waals surface area contributed by atoms with Crippen molar-refractivity contribution in [2.45, 2.75) is 34.6 Å². The van der Waals surface area contributed by atoms with E-state index in [1.54, 1.807) is 0 Å². The Morgan fingerprint density at radius 3 is 1.74 bits per heavy atom. The van der Waals surface area contributed by atoms with E-state index in [-0.39, 0.29) is 0 Å². The molecule has 0 spiro atoms.